The minimum atomic E-state index is -4.50. The van der Waals surface area contributed by atoms with Crippen LogP contribution in [-0.4, -0.2) is 25.2 Å². The van der Waals surface area contributed by atoms with E-state index < -0.39 is 11.9 Å². The molecule has 0 bridgehead atoms. The molecule has 0 unspecified atom stereocenters. The summed E-state index contributed by atoms with van der Waals surface area (Å²) in [5, 5.41) is 11.0. The van der Waals surface area contributed by atoms with Gasteiger partial charge in [-0.3, -0.25) is 0 Å². The molecule has 0 fully saturated rings. The molecular weight excluding hydrogens is 275 g/mol. The molecule has 6 nitrogen and oxygen atoms in total. The van der Waals surface area contributed by atoms with Gasteiger partial charge in [-0.1, -0.05) is 6.07 Å². The predicted molar refractivity (Wildman–Crippen MR) is 61.8 cm³/mol. The van der Waals surface area contributed by atoms with Crippen LogP contribution in [0.4, 0.5) is 13.2 Å². The summed E-state index contributed by atoms with van der Waals surface area (Å²) in [4.78, 5) is 3.39. The molecule has 2 heterocycles. The molecule has 0 spiro atoms. The van der Waals surface area contributed by atoms with Gasteiger partial charge >= 0.3 is 6.18 Å². The number of pyridine rings is 1. The second kappa shape index (κ2) is 5.43. The maximum absolute atomic E-state index is 12.5. The maximum Gasteiger partial charge on any atom is 0.433 e. The maximum atomic E-state index is 12.5. The van der Waals surface area contributed by atoms with Gasteiger partial charge < -0.3 is 4.74 Å². The Balaban J connectivity index is 2.09. The van der Waals surface area contributed by atoms with Crippen molar-refractivity contribution in [2.45, 2.75) is 32.7 Å². The minimum absolute atomic E-state index is 0.0260. The van der Waals surface area contributed by atoms with E-state index in [1.54, 1.807) is 0 Å². The monoisotopic (exact) mass is 287 g/mol. The number of rotatable bonds is 4. The van der Waals surface area contributed by atoms with Crippen LogP contribution in [0.5, 0.6) is 5.88 Å². The Labute approximate surface area is 112 Å². The fourth-order valence-corrected chi connectivity index (χ4v) is 1.50. The van der Waals surface area contributed by atoms with Crippen molar-refractivity contribution in [2.75, 3.05) is 0 Å². The zero-order valence-electron chi connectivity index (χ0n) is 10.8. The summed E-state index contributed by atoms with van der Waals surface area (Å²) in [5.74, 6) is 0.289. The van der Waals surface area contributed by atoms with Gasteiger partial charge in [0, 0.05) is 6.07 Å². The standard InChI is InChI=1S/C11H12F3N5O/c1-7(2)19-9(16-17-18-19)6-20-10-5-3-4-8(15-10)11(12,13)14/h3-5,7H,6H2,1-2H3. The first-order chi connectivity index (χ1) is 9.38. The van der Waals surface area contributed by atoms with Crippen molar-refractivity contribution in [3.8, 4) is 5.88 Å². The highest BCUT2D eigenvalue weighted by molar-refractivity contribution is 5.17. The molecule has 0 aliphatic carbocycles. The van der Waals surface area contributed by atoms with Crippen molar-refractivity contribution in [1.82, 2.24) is 25.2 Å². The van der Waals surface area contributed by atoms with E-state index in [1.165, 1.54) is 16.8 Å². The summed E-state index contributed by atoms with van der Waals surface area (Å²) < 4.78 is 44.2. The fourth-order valence-electron chi connectivity index (χ4n) is 1.50. The first-order valence-electron chi connectivity index (χ1n) is 5.81. The van der Waals surface area contributed by atoms with Crippen molar-refractivity contribution in [2.24, 2.45) is 0 Å². The Bertz CT molecular complexity index is 581. The average Bonchev–Trinajstić information content (AvgIpc) is 2.84. The van der Waals surface area contributed by atoms with Crippen LogP contribution >= 0.6 is 0 Å². The van der Waals surface area contributed by atoms with E-state index in [0.717, 1.165) is 6.07 Å². The molecule has 0 N–H and O–H groups in total. The first kappa shape index (κ1) is 14.2. The van der Waals surface area contributed by atoms with Crippen LogP contribution in [0.1, 0.15) is 31.4 Å². The highest BCUT2D eigenvalue weighted by Crippen LogP contribution is 2.28. The zero-order valence-corrected chi connectivity index (χ0v) is 10.8. The molecule has 0 aliphatic heterocycles. The normalized spacial score (nSPS) is 11.9. The molecule has 0 amide bonds. The molecule has 0 atom stereocenters. The smallest absolute Gasteiger partial charge is 0.433 e. The van der Waals surface area contributed by atoms with Gasteiger partial charge in [-0.25, -0.2) is 9.67 Å². The third-order valence-electron chi connectivity index (χ3n) is 2.41. The Hall–Kier alpha value is -2.19. The largest absolute Gasteiger partial charge is 0.469 e. The summed E-state index contributed by atoms with van der Waals surface area (Å²) in [6.07, 6.45) is -4.50. The van der Waals surface area contributed by atoms with Crippen LogP contribution in [0.2, 0.25) is 0 Å². The number of hydrogen-bond acceptors (Lipinski definition) is 5. The van der Waals surface area contributed by atoms with E-state index in [1.807, 2.05) is 13.8 Å². The molecule has 108 valence electrons. The molecule has 9 heteroatoms. The summed E-state index contributed by atoms with van der Waals surface area (Å²) in [7, 11) is 0. The number of ether oxygens (including phenoxy) is 1. The number of tetrazole rings is 1. The summed E-state index contributed by atoms with van der Waals surface area (Å²) in [6, 6.07) is 3.48. The third kappa shape index (κ3) is 3.22. The predicted octanol–water partition coefficient (Wildman–Crippen LogP) is 2.25. The molecule has 2 rings (SSSR count). The van der Waals surface area contributed by atoms with Gasteiger partial charge in [0.2, 0.25) is 5.88 Å². The molecule has 0 aromatic carbocycles. The van der Waals surface area contributed by atoms with Crippen molar-refractivity contribution in [3.05, 3.63) is 29.7 Å². The molecule has 0 aliphatic rings. The van der Waals surface area contributed by atoms with E-state index in [9.17, 15) is 13.2 Å². The van der Waals surface area contributed by atoms with Gasteiger partial charge in [-0.15, -0.1) is 5.10 Å². The lowest BCUT2D eigenvalue weighted by atomic mass is 10.3. The Morgan fingerprint density at radius 2 is 2.05 bits per heavy atom. The number of nitrogens with zero attached hydrogens (tertiary/aromatic N) is 5. The Kier molecular flexibility index (Phi) is 3.86. The second-order valence-electron chi connectivity index (χ2n) is 4.28. The van der Waals surface area contributed by atoms with Crippen LogP contribution in [0.15, 0.2) is 18.2 Å². The SMILES string of the molecule is CC(C)n1nnnc1COc1cccc(C(F)(F)F)n1. The van der Waals surface area contributed by atoms with Gasteiger partial charge in [0.25, 0.3) is 0 Å². The number of halogens is 3. The van der Waals surface area contributed by atoms with Crippen molar-refractivity contribution < 1.29 is 17.9 Å². The zero-order chi connectivity index (χ0) is 14.8. The van der Waals surface area contributed by atoms with Crippen LogP contribution in [-0.2, 0) is 12.8 Å². The van der Waals surface area contributed by atoms with E-state index >= 15 is 0 Å². The molecule has 0 radical (unpaired) electrons. The quantitative estimate of drug-likeness (QED) is 0.862. The lowest BCUT2D eigenvalue weighted by molar-refractivity contribution is -0.141. The molecule has 2 aromatic rings. The summed E-state index contributed by atoms with van der Waals surface area (Å²) >= 11 is 0. The minimum Gasteiger partial charge on any atom is -0.469 e. The average molecular weight is 287 g/mol. The van der Waals surface area contributed by atoms with Gasteiger partial charge in [0.05, 0.1) is 6.04 Å². The van der Waals surface area contributed by atoms with E-state index in [4.69, 9.17) is 4.74 Å². The molecular formula is C11H12F3N5O. The first-order valence-corrected chi connectivity index (χ1v) is 5.81. The van der Waals surface area contributed by atoms with Crippen LogP contribution in [0, 0.1) is 0 Å². The van der Waals surface area contributed by atoms with Crippen molar-refractivity contribution in [1.29, 1.82) is 0 Å². The van der Waals surface area contributed by atoms with Gasteiger partial charge in [-0.2, -0.15) is 13.2 Å². The van der Waals surface area contributed by atoms with Crippen molar-refractivity contribution in [3.63, 3.8) is 0 Å². The van der Waals surface area contributed by atoms with E-state index in [2.05, 4.69) is 20.5 Å². The molecule has 20 heavy (non-hydrogen) atoms. The van der Waals surface area contributed by atoms with Gasteiger partial charge in [0.15, 0.2) is 12.4 Å². The van der Waals surface area contributed by atoms with Gasteiger partial charge in [-0.05, 0) is 30.3 Å². The third-order valence-corrected chi connectivity index (χ3v) is 2.41. The Morgan fingerprint density at radius 3 is 2.70 bits per heavy atom. The van der Waals surface area contributed by atoms with Gasteiger partial charge in [0.1, 0.15) is 5.69 Å². The fraction of sp³-hybridized carbons (Fsp3) is 0.455. The van der Waals surface area contributed by atoms with Crippen LogP contribution < -0.4 is 4.74 Å². The molecule has 2 aromatic heterocycles. The topological polar surface area (TPSA) is 65.7 Å². The highest BCUT2D eigenvalue weighted by Gasteiger charge is 2.32. The lowest BCUT2D eigenvalue weighted by Gasteiger charge is -2.10. The van der Waals surface area contributed by atoms with E-state index in [-0.39, 0.29) is 18.5 Å². The number of alkyl halides is 3. The lowest BCUT2D eigenvalue weighted by Crippen LogP contribution is -2.12. The van der Waals surface area contributed by atoms with Crippen LogP contribution in [0.3, 0.4) is 0 Å². The Morgan fingerprint density at radius 1 is 1.30 bits per heavy atom. The van der Waals surface area contributed by atoms with Crippen molar-refractivity contribution >= 4 is 0 Å². The number of hydrogen-bond donors (Lipinski definition) is 0. The molecule has 0 saturated heterocycles. The van der Waals surface area contributed by atoms with Crippen LogP contribution in [0.25, 0.3) is 0 Å². The second-order valence-corrected chi connectivity index (χ2v) is 4.28. The highest BCUT2D eigenvalue weighted by atomic mass is 19.4. The summed E-state index contributed by atoms with van der Waals surface area (Å²) in [5.41, 5.74) is -1.00. The number of aromatic nitrogens is 5. The molecule has 0 saturated carbocycles. The van der Waals surface area contributed by atoms with E-state index in [0.29, 0.717) is 5.82 Å². The summed E-state index contributed by atoms with van der Waals surface area (Å²) in [6.45, 7) is 3.70.